The zero-order valence-electron chi connectivity index (χ0n) is 9.85. The lowest BCUT2D eigenvalue weighted by Crippen LogP contribution is -2.54. The molecule has 1 aliphatic heterocycles. The van der Waals surface area contributed by atoms with E-state index >= 15 is 0 Å². The van der Waals surface area contributed by atoms with Crippen LogP contribution in [0.1, 0.15) is 17.7 Å². The van der Waals surface area contributed by atoms with Gasteiger partial charge in [-0.05, 0) is 30.0 Å². The zero-order chi connectivity index (χ0) is 13.0. The molecule has 1 amide bonds. The Morgan fingerprint density at radius 1 is 1.50 bits per heavy atom. The molecule has 1 atom stereocenters. The maximum atomic E-state index is 11.8. The van der Waals surface area contributed by atoms with Crippen LogP contribution in [0.3, 0.4) is 0 Å². The van der Waals surface area contributed by atoms with Crippen LogP contribution in [0.15, 0.2) is 17.5 Å². The molecule has 1 saturated heterocycles. The lowest BCUT2D eigenvalue weighted by atomic mass is 9.99. The van der Waals surface area contributed by atoms with Gasteiger partial charge >= 0.3 is 5.97 Å². The molecule has 1 aliphatic rings. The van der Waals surface area contributed by atoms with Crippen LogP contribution in [-0.4, -0.2) is 34.0 Å². The molecule has 1 aromatic heterocycles. The van der Waals surface area contributed by atoms with Crippen molar-refractivity contribution in [3.8, 4) is 0 Å². The third kappa shape index (κ3) is 3.05. The molecule has 0 saturated carbocycles. The van der Waals surface area contributed by atoms with Gasteiger partial charge in [-0.3, -0.25) is 4.79 Å². The van der Waals surface area contributed by atoms with Crippen molar-refractivity contribution in [2.45, 2.75) is 24.8 Å². The minimum atomic E-state index is -1.04. The summed E-state index contributed by atoms with van der Waals surface area (Å²) >= 11 is 3.19. The third-order valence-electron chi connectivity index (χ3n) is 2.99. The number of hydrogen-bond donors (Lipinski definition) is 2. The van der Waals surface area contributed by atoms with E-state index in [4.69, 9.17) is 0 Å². The fourth-order valence-electron chi connectivity index (χ4n) is 1.91. The maximum absolute atomic E-state index is 11.8. The summed E-state index contributed by atoms with van der Waals surface area (Å²) in [5.41, 5.74) is -1.04. The highest BCUT2D eigenvalue weighted by molar-refractivity contribution is 7.99. The molecule has 2 N–H and O–H groups in total. The lowest BCUT2D eigenvalue weighted by molar-refractivity contribution is -0.146. The molecule has 0 aliphatic carbocycles. The monoisotopic (exact) mass is 285 g/mol. The molecule has 0 bridgehead atoms. The number of amides is 1. The van der Waals surface area contributed by atoms with Gasteiger partial charge in [-0.25, -0.2) is 4.79 Å². The number of aliphatic carboxylic acids is 1. The van der Waals surface area contributed by atoms with Crippen molar-refractivity contribution >= 4 is 35.0 Å². The summed E-state index contributed by atoms with van der Waals surface area (Å²) in [5.74, 6) is 0.162. The highest BCUT2D eigenvalue weighted by atomic mass is 32.2. The van der Waals surface area contributed by atoms with Crippen LogP contribution in [0.2, 0.25) is 0 Å². The highest BCUT2D eigenvalue weighted by Gasteiger charge is 2.43. The topological polar surface area (TPSA) is 66.4 Å². The van der Waals surface area contributed by atoms with Gasteiger partial charge in [-0.1, -0.05) is 6.07 Å². The normalized spacial score (nSPS) is 22.9. The second-order valence-electron chi connectivity index (χ2n) is 4.32. The predicted molar refractivity (Wildman–Crippen MR) is 73.1 cm³/mol. The minimum Gasteiger partial charge on any atom is -0.479 e. The Morgan fingerprint density at radius 3 is 2.89 bits per heavy atom. The van der Waals surface area contributed by atoms with Gasteiger partial charge < -0.3 is 10.4 Å². The van der Waals surface area contributed by atoms with Crippen molar-refractivity contribution in [2.24, 2.45) is 0 Å². The number of aryl methyl sites for hydroxylation is 1. The van der Waals surface area contributed by atoms with Crippen LogP contribution >= 0.6 is 23.1 Å². The molecule has 0 radical (unpaired) electrons. The first-order valence-electron chi connectivity index (χ1n) is 5.77. The van der Waals surface area contributed by atoms with E-state index in [1.54, 1.807) is 23.1 Å². The van der Waals surface area contributed by atoms with E-state index in [2.05, 4.69) is 5.32 Å². The summed E-state index contributed by atoms with van der Waals surface area (Å²) in [6.45, 7) is 0. The molecular weight excluding hydrogens is 270 g/mol. The van der Waals surface area contributed by atoms with E-state index in [-0.39, 0.29) is 5.91 Å². The van der Waals surface area contributed by atoms with Gasteiger partial charge in [0.15, 0.2) is 0 Å². The number of thiophene rings is 1. The summed E-state index contributed by atoms with van der Waals surface area (Å²) in [7, 11) is 0. The smallest absolute Gasteiger partial charge is 0.330 e. The van der Waals surface area contributed by atoms with E-state index in [0.717, 1.165) is 10.6 Å². The number of carbonyl (C=O) groups is 2. The molecule has 2 rings (SSSR count). The number of hydrogen-bond acceptors (Lipinski definition) is 4. The van der Waals surface area contributed by atoms with Gasteiger partial charge in [0.2, 0.25) is 5.91 Å². The van der Waals surface area contributed by atoms with E-state index in [0.29, 0.717) is 25.0 Å². The largest absolute Gasteiger partial charge is 0.479 e. The molecule has 4 nitrogen and oxygen atoms in total. The molecule has 98 valence electrons. The number of carbonyl (C=O) groups excluding carboxylic acids is 1. The Morgan fingerprint density at radius 2 is 2.33 bits per heavy atom. The fraction of sp³-hybridized carbons (Fsp3) is 0.500. The van der Waals surface area contributed by atoms with Crippen LogP contribution in [0, 0.1) is 0 Å². The first-order valence-corrected chi connectivity index (χ1v) is 7.80. The van der Waals surface area contributed by atoms with Crippen LogP contribution in [-0.2, 0) is 16.0 Å². The van der Waals surface area contributed by atoms with Crippen LogP contribution in [0.25, 0.3) is 0 Å². The number of rotatable bonds is 5. The SMILES string of the molecule is O=C(CCc1cccs1)N[C@@]1(C(=O)O)CCSC1. The van der Waals surface area contributed by atoms with Crippen LogP contribution in [0.5, 0.6) is 0 Å². The number of nitrogens with one attached hydrogen (secondary N) is 1. The minimum absolute atomic E-state index is 0.173. The van der Waals surface area contributed by atoms with Crippen molar-refractivity contribution in [3.05, 3.63) is 22.4 Å². The van der Waals surface area contributed by atoms with E-state index < -0.39 is 11.5 Å². The van der Waals surface area contributed by atoms with Crippen LogP contribution < -0.4 is 5.32 Å². The number of carboxylic acid groups (broad SMARTS) is 1. The highest BCUT2D eigenvalue weighted by Crippen LogP contribution is 2.28. The average molecular weight is 285 g/mol. The Labute approximate surface area is 114 Å². The predicted octanol–water partition coefficient (Wildman–Crippen LogP) is 1.76. The van der Waals surface area contributed by atoms with Gasteiger partial charge in [0.25, 0.3) is 0 Å². The lowest BCUT2D eigenvalue weighted by Gasteiger charge is -2.24. The standard InChI is InChI=1S/C12H15NO3S2/c14-10(4-3-9-2-1-6-18-9)13-12(11(15)16)5-7-17-8-12/h1-2,6H,3-5,7-8H2,(H,13,14)(H,15,16)/t12-/m0/s1. The Hall–Kier alpha value is -1.01. The molecule has 18 heavy (non-hydrogen) atoms. The zero-order valence-corrected chi connectivity index (χ0v) is 11.5. The summed E-state index contributed by atoms with van der Waals surface area (Å²) in [5, 5.41) is 13.9. The second-order valence-corrected chi connectivity index (χ2v) is 6.45. The van der Waals surface area contributed by atoms with Crippen molar-refractivity contribution in [1.82, 2.24) is 5.32 Å². The molecule has 1 fully saturated rings. The van der Waals surface area contributed by atoms with Crippen molar-refractivity contribution in [1.29, 1.82) is 0 Å². The maximum Gasteiger partial charge on any atom is 0.330 e. The first kappa shape index (κ1) is 13.4. The quantitative estimate of drug-likeness (QED) is 0.865. The molecule has 0 spiro atoms. The summed E-state index contributed by atoms with van der Waals surface area (Å²) in [4.78, 5) is 24.2. The Bertz CT molecular complexity index is 425. The van der Waals surface area contributed by atoms with Gasteiger partial charge in [-0.2, -0.15) is 11.8 Å². The molecule has 0 unspecified atom stereocenters. The summed E-state index contributed by atoms with van der Waals surface area (Å²) in [6.07, 6.45) is 1.53. The second kappa shape index (κ2) is 5.75. The summed E-state index contributed by atoms with van der Waals surface area (Å²) in [6, 6.07) is 3.93. The van der Waals surface area contributed by atoms with Crippen molar-refractivity contribution < 1.29 is 14.7 Å². The van der Waals surface area contributed by atoms with E-state index in [1.807, 2.05) is 17.5 Å². The molecule has 2 heterocycles. The van der Waals surface area contributed by atoms with Gasteiger partial charge in [0.05, 0.1) is 0 Å². The molecule has 6 heteroatoms. The first-order chi connectivity index (χ1) is 8.62. The van der Waals surface area contributed by atoms with Crippen molar-refractivity contribution in [2.75, 3.05) is 11.5 Å². The van der Waals surface area contributed by atoms with E-state index in [1.165, 1.54) is 0 Å². The van der Waals surface area contributed by atoms with Gasteiger partial charge in [0.1, 0.15) is 5.54 Å². The number of carboxylic acids is 1. The van der Waals surface area contributed by atoms with Gasteiger partial charge in [0, 0.05) is 17.1 Å². The van der Waals surface area contributed by atoms with Gasteiger partial charge in [-0.15, -0.1) is 11.3 Å². The summed E-state index contributed by atoms with van der Waals surface area (Å²) < 4.78 is 0. The fourth-order valence-corrected chi connectivity index (χ4v) is 3.94. The van der Waals surface area contributed by atoms with Crippen LogP contribution in [0.4, 0.5) is 0 Å². The van der Waals surface area contributed by atoms with E-state index in [9.17, 15) is 14.7 Å². The molecule has 0 aromatic carbocycles. The Kier molecular flexibility index (Phi) is 4.29. The third-order valence-corrected chi connectivity index (χ3v) is 5.11. The van der Waals surface area contributed by atoms with Crippen molar-refractivity contribution in [3.63, 3.8) is 0 Å². The molecule has 1 aromatic rings. The average Bonchev–Trinajstić information content (AvgIpc) is 2.97. The molecular formula is C12H15NO3S2. The Balaban J connectivity index is 1.88. The number of thioether (sulfide) groups is 1.